The number of nitrogen functional groups attached to an aromatic ring is 1. The van der Waals surface area contributed by atoms with E-state index in [9.17, 15) is 4.79 Å². The number of nitrogens with one attached hydrogen (secondary N) is 2. The number of aromatic nitrogens is 3. The monoisotopic (exact) mass is 361 g/mol. The van der Waals surface area contributed by atoms with Gasteiger partial charge in [0.15, 0.2) is 0 Å². The molecule has 0 aliphatic carbocycles. The van der Waals surface area contributed by atoms with E-state index in [1.165, 1.54) is 0 Å². The molecule has 0 amide bonds. The number of rotatable bonds is 5. The maximum Gasteiger partial charge on any atom is 0.262 e. The molecule has 0 radical (unpaired) electrons. The van der Waals surface area contributed by atoms with E-state index in [4.69, 9.17) is 10.5 Å². The molecule has 9 nitrogen and oxygen atoms in total. The van der Waals surface area contributed by atoms with Crippen LogP contribution in [0.2, 0.25) is 0 Å². The van der Waals surface area contributed by atoms with Gasteiger partial charge in [0.1, 0.15) is 5.65 Å². The van der Waals surface area contributed by atoms with Crippen LogP contribution in [-0.4, -0.2) is 95.2 Å². The summed E-state index contributed by atoms with van der Waals surface area (Å²) in [5.41, 5.74) is 6.97. The molecule has 2 aromatic rings. The topological polar surface area (TPSA) is 107 Å². The number of hydrogen-bond acceptors (Lipinski definition) is 7. The number of morpholine rings is 1. The lowest BCUT2D eigenvalue weighted by molar-refractivity contribution is 0.0297. The minimum absolute atomic E-state index is 0.143. The molecule has 26 heavy (non-hydrogen) atoms. The van der Waals surface area contributed by atoms with Crippen LogP contribution in [0.1, 0.15) is 5.56 Å². The lowest BCUT2D eigenvalue weighted by atomic mass is 10.2. The lowest BCUT2D eigenvalue weighted by Gasteiger charge is -2.36. The fraction of sp³-hybridized carbons (Fsp3) is 0.647. The normalized spacial score (nSPS) is 20.8. The highest BCUT2D eigenvalue weighted by Crippen LogP contribution is 2.16. The largest absolute Gasteiger partial charge is 0.379 e. The molecule has 0 atom stereocenters. The minimum atomic E-state index is -0.173. The van der Waals surface area contributed by atoms with Gasteiger partial charge in [-0.25, -0.2) is 0 Å². The van der Waals surface area contributed by atoms with Crippen LogP contribution >= 0.6 is 0 Å². The zero-order chi connectivity index (χ0) is 17.9. The number of ether oxygens (including phenoxy) is 1. The maximum atomic E-state index is 12.2. The van der Waals surface area contributed by atoms with Crippen molar-refractivity contribution in [2.75, 3.05) is 71.3 Å². The van der Waals surface area contributed by atoms with Gasteiger partial charge in [-0.15, -0.1) is 0 Å². The van der Waals surface area contributed by atoms with Gasteiger partial charge in [-0.1, -0.05) is 0 Å². The van der Waals surface area contributed by atoms with Crippen LogP contribution in [0.15, 0.2) is 11.0 Å². The molecular formula is C17H27N7O2. The fourth-order valence-corrected chi connectivity index (χ4v) is 3.76. The number of anilines is 1. The van der Waals surface area contributed by atoms with E-state index < -0.39 is 0 Å². The summed E-state index contributed by atoms with van der Waals surface area (Å²) in [6.45, 7) is 11.0. The van der Waals surface area contributed by atoms with E-state index in [0.29, 0.717) is 11.0 Å². The Labute approximate surface area is 152 Å². The van der Waals surface area contributed by atoms with Crippen molar-refractivity contribution < 1.29 is 4.74 Å². The highest BCUT2D eigenvalue weighted by molar-refractivity contribution is 5.79. The Balaban J connectivity index is 1.29. The number of nitrogens with zero attached hydrogens (tertiary/aromatic N) is 4. The highest BCUT2D eigenvalue weighted by Gasteiger charge is 2.20. The Bertz CT molecular complexity index is 788. The Morgan fingerprint density at radius 1 is 1.04 bits per heavy atom. The number of nitrogens with two attached hydrogens (primary N) is 1. The average Bonchev–Trinajstić information content (AvgIpc) is 3.05. The molecule has 9 heteroatoms. The summed E-state index contributed by atoms with van der Waals surface area (Å²) in [6.07, 6.45) is 1.87. The van der Waals surface area contributed by atoms with Crippen molar-refractivity contribution in [2.45, 2.75) is 6.54 Å². The fourth-order valence-electron chi connectivity index (χ4n) is 3.76. The van der Waals surface area contributed by atoms with Gasteiger partial charge in [0.05, 0.1) is 18.6 Å². The van der Waals surface area contributed by atoms with E-state index in [-0.39, 0.29) is 11.5 Å². The number of fused-ring (bicyclic) bond motifs is 1. The smallest absolute Gasteiger partial charge is 0.262 e. The van der Waals surface area contributed by atoms with Gasteiger partial charge in [-0.3, -0.25) is 24.5 Å². The molecule has 0 aromatic carbocycles. The van der Waals surface area contributed by atoms with Gasteiger partial charge in [-0.05, 0) is 5.56 Å². The molecule has 4 rings (SSSR count). The van der Waals surface area contributed by atoms with Gasteiger partial charge in [0.2, 0.25) is 5.95 Å². The first-order valence-electron chi connectivity index (χ1n) is 9.29. The van der Waals surface area contributed by atoms with Crippen LogP contribution < -0.4 is 11.3 Å². The van der Waals surface area contributed by atoms with Crippen molar-refractivity contribution in [2.24, 2.45) is 0 Å². The first-order valence-corrected chi connectivity index (χ1v) is 9.29. The molecule has 0 saturated carbocycles. The molecule has 0 bridgehead atoms. The first-order chi connectivity index (χ1) is 12.7. The van der Waals surface area contributed by atoms with Gasteiger partial charge in [-0.2, -0.15) is 4.98 Å². The quantitative estimate of drug-likeness (QED) is 0.645. The van der Waals surface area contributed by atoms with Crippen LogP contribution in [0.3, 0.4) is 0 Å². The number of piperazine rings is 1. The molecule has 2 aliphatic heterocycles. The van der Waals surface area contributed by atoms with Gasteiger partial charge >= 0.3 is 0 Å². The molecule has 2 aromatic heterocycles. The molecule has 142 valence electrons. The predicted octanol–water partition coefficient (Wildman–Crippen LogP) is -0.717. The van der Waals surface area contributed by atoms with Gasteiger partial charge < -0.3 is 15.5 Å². The second-order valence-corrected chi connectivity index (χ2v) is 7.06. The van der Waals surface area contributed by atoms with Crippen molar-refractivity contribution in [3.05, 3.63) is 22.1 Å². The van der Waals surface area contributed by atoms with Gasteiger partial charge in [0, 0.05) is 65.1 Å². The van der Waals surface area contributed by atoms with Crippen molar-refractivity contribution in [3.63, 3.8) is 0 Å². The number of hydrogen-bond donors (Lipinski definition) is 3. The molecule has 2 fully saturated rings. The summed E-state index contributed by atoms with van der Waals surface area (Å²) in [5.74, 6) is 0.143. The van der Waals surface area contributed by atoms with E-state index in [1.807, 2.05) is 6.20 Å². The van der Waals surface area contributed by atoms with Crippen molar-refractivity contribution >= 4 is 17.0 Å². The Morgan fingerprint density at radius 2 is 1.69 bits per heavy atom. The molecule has 4 heterocycles. The highest BCUT2D eigenvalue weighted by atomic mass is 16.5. The summed E-state index contributed by atoms with van der Waals surface area (Å²) in [4.78, 5) is 29.4. The van der Waals surface area contributed by atoms with Gasteiger partial charge in [0.25, 0.3) is 5.56 Å². The van der Waals surface area contributed by atoms with Crippen LogP contribution in [0.25, 0.3) is 11.0 Å². The van der Waals surface area contributed by atoms with Crippen LogP contribution in [0.4, 0.5) is 5.95 Å². The number of H-pyrrole nitrogens is 2. The average molecular weight is 361 g/mol. The lowest BCUT2D eigenvalue weighted by Crippen LogP contribution is -2.49. The summed E-state index contributed by atoms with van der Waals surface area (Å²) in [5, 5.41) is 0.619. The second kappa shape index (κ2) is 7.75. The van der Waals surface area contributed by atoms with Crippen molar-refractivity contribution in [1.29, 1.82) is 0 Å². The van der Waals surface area contributed by atoms with Crippen LogP contribution in [0.5, 0.6) is 0 Å². The predicted molar refractivity (Wildman–Crippen MR) is 100 cm³/mol. The minimum Gasteiger partial charge on any atom is -0.379 e. The standard InChI is InChI=1S/C17H27N7O2/c18-17-20-15-14(16(25)21-17)13(11-19-15)12-24-5-3-22(4-6-24)1-2-23-7-9-26-10-8-23/h11H,1-10,12H2,(H4,18,19,20,21,25). The molecular weight excluding hydrogens is 334 g/mol. The molecule has 2 saturated heterocycles. The summed E-state index contributed by atoms with van der Waals surface area (Å²) in [7, 11) is 0. The third-order valence-electron chi connectivity index (χ3n) is 5.34. The van der Waals surface area contributed by atoms with Crippen LogP contribution in [-0.2, 0) is 11.3 Å². The summed E-state index contributed by atoms with van der Waals surface area (Å²) >= 11 is 0. The van der Waals surface area contributed by atoms with Crippen LogP contribution in [0, 0.1) is 0 Å². The Kier molecular flexibility index (Phi) is 5.21. The Hall–Kier alpha value is -1.94. The van der Waals surface area contributed by atoms with E-state index in [1.54, 1.807) is 0 Å². The molecule has 0 unspecified atom stereocenters. The second-order valence-electron chi connectivity index (χ2n) is 7.06. The molecule has 2 aliphatic rings. The summed E-state index contributed by atoms with van der Waals surface area (Å²) < 4.78 is 5.40. The number of aromatic amines is 2. The van der Waals surface area contributed by atoms with Crippen molar-refractivity contribution in [3.8, 4) is 0 Å². The molecule has 4 N–H and O–H groups in total. The third kappa shape index (κ3) is 3.90. The van der Waals surface area contributed by atoms with Crippen molar-refractivity contribution in [1.82, 2.24) is 29.7 Å². The Morgan fingerprint density at radius 3 is 2.42 bits per heavy atom. The molecule has 0 spiro atoms. The SMILES string of the molecule is Nc1nc2[nH]cc(CN3CCN(CCN4CCOCC4)CC3)c2c(=O)[nH]1. The first kappa shape index (κ1) is 17.5. The zero-order valence-electron chi connectivity index (χ0n) is 15.0. The van der Waals surface area contributed by atoms with E-state index in [2.05, 4.69) is 29.7 Å². The van der Waals surface area contributed by atoms with E-state index >= 15 is 0 Å². The zero-order valence-corrected chi connectivity index (χ0v) is 15.0. The third-order valence-corrected chi connectivity index (χ3v) is 5.34. The van der Waals surface area contributed by atoms with E-state index in [0.717, 1.165) is 77.7 Å². The summed E-state index contributed by atoms with van der Waals surface area (Å²) in [6, 6.07) is 0. The maximum absolute atomic E-state index is 12.2.